The Morgan fingerprint density at radius 2 is 1.86 bits per heavy atom. The first-order chi connectivity index (χ1) is 9.88. The highest BCUT2D eigenvalue weighted by atomic mass is 16.1. The number of amides is 1. The van der Waals surface area contributed by atoms with Gasteiger partial charge in [-0.2, -0.15) is 0 Å². The molecule has 0 saturated carbocycles. The number of carbonyl (C=O) groups is 2. The number of hydrogen-bond donors (Lipinski definition) is 1. The number of benzene rings is 1. The van der Waals surface area contributed by atoms with E-state index in [2.05, 4.69) is 17.9 Å². The minimum absolute atomic E-state index is 0.118. The lowest BCUT2D eigenvalue weighted by atomic mass is 9.95. The van der Waals surface area contributed by atoms with Gasteiger partial charge in [0.05, 0.1) is 12.5 Å². The summed E-state index contributed by atoms with van der Waals surface area (Å²) in [6.45, 7) is 7.88. The van der Waals surface area contributed by atoms with E-state index in [-0.39, 0.29) is 17.6 Å². The van der Waals surface area contributed by atoms with Gasteiger partial charge in [-0.05, 0) is 62.9 Å². The predicted octanol–water partition coefficient (Wildman–Crippen LogP) is 1.99. The number of primary amides is 1. The van der Waals surface area contributed by atoms with Crippen LogP contribution in [-0.4, -0.2) is 36.2 Å². The van der Waals surface area contributed by atoms with Crippen molar-refractivity contribution < 1.29 is 9.59 Å². The van der Waals surface area contributed by atoms with Crippen molar-refractivity contribution in [3.8, 4) is 0 Å². The van der Waals surface area contributed by atoms with E-state index < -0.39 is 0 Å². The molecule has 4 nitrogen and oxygen atoms in total. The summed E-state index contributed by atoms with van der Waals surface area (Å²) in [5.41, 5.74) is 9.53. The third kappa shape index (κ3) is 3.70. The van der Waals surface area contributed by atoms with Crippen LogP contribution >= 0.6 is 0 Å². The molecule has 1 amide bonds. The summed E-state index contributed by atoms with van der Waals surface area (Å²) in [6.07, 6.45) is 1.76. The Bertz CT molecular complexity index is 566. The molecule has 1 atom stereocenters. The molecule has 1 saturated heterocycles. The van der Waals surface area contributed by atoms with Crippen molar-refractivity contribution in [3.63, 3.8) is 0 Å². The molecule has 21 heavy (non-hydrogen) atoms. The molecule has 2 N–H and O–H groups in total. The second-order valence-electron chi connectivity index (χ2n) is 6.15. The number of hydrogen-bond acceptors (Lipinski definition) is 3. The van der Waals surface area contributed by atoms with Crippen LogP contribution < -0.4 is 5.73 Å². The molecule has 0 radical (unpaired) electrons. The van der Waals surface area contributed by atoms with Gasteiger partial charge in [0.2, 0.25) is 5.91 Å². The summed E-state index contributed by atoms with van der Waals surface area (Å²) in [6, 6.07) is 4.04. The molecule has 1 aliphatic rings. The van der Waals surface area contributed by atoms with E-state index in [1.807, 2.05) is 19.9 Å². The summed E-state index contributed by atoms with van der Waals surface area (Å²) < 4.78 is 0. The monoisotopic (exact) mass is 288 g/mol. The summed E-state index contributed by atoms with van der Waals surface area (Å²) in [7, 11) is 0. The molecular weight excluding hydrogens is 264 g/mol. The lowest BCUT2D eigenvalue weighted by molar-refractivity contribution is -0.123. The van der Waals surface area contributed by atoms with Crippen LogP contribution in [0.4, 0.5) is 0 Å². The van der Waals surface area contributed by atoms with Crippen LogP contribution in [0.3, 0.4) is 0 Å². The van der Waals surface area contributed by atoms with E-state index in [0.717, 1.165) is 36.1 Å². The predicted molar refractivity (Wildman–Crippen MR) is 83.3 cm³/mol. The van der Waals surface area contributed by atoms with Crippen molar-refractivity contribution in [2.24, 2.45) is 11.7 Å². The van der Waals surface area contributed by atoms with Crippen LogP contribution in [0.25, 0.3) is 0 Å². The number of likely N-dealkylation sites (tertiary alicyclic amines) is 1. The highest BCUT2D eigenvalue weighted by Crippen LogP contribution is 2.19. The van der Waals surface area contributed by atoms with Gasteiger partial charge in [-0.15, -0.1) is 0 Å². The van der Waals surface area contributed by atoms with E-state index in [4.69, 9.17) is 5.73 Å². The van der Waals surface area contributed by atoms with Gasteiger partial charge in [-0.3, -0.25) is 14.5 Å². The molecule has 1 aliphatic heterocycles. The molecule has 0 bridgehead atoms. The number of ketones is 1. The first-order valence-corrected chi connectivity index (χ1v) is 7.51. The Labute approximate surface area is 126 Å². The van der Waals surface area contributed by atoms with Gasteiger partial charge in [0.1, 0.15) is 0 Å². The van der Waals surface area contributed by atoms with Gasteiger partial charge in [-0.25, -0.2) is 0 Å². The largest absolute Gasteiger partial charge is 0.369 e. The molecule has 1 aromatic rings. The van der Waals surface area contributed by atoms with E-state index >= 15 is 0 Å². The highest BCUT2D eigenvalue weighted by Gasteiger charge is 2.25. The number of nitrogens with two attached hydrogens (primary N) is 1. The maximum Gasteiger partial charge on any atom is 0.221 e. The molecule has 114 valence electrons. The van der Waals surface area contributed by atoms with Crippen molar-refractivity contribution in [1.29, 1.82) is 0 Å². The molecule has 2 rings (SSSR count). The molecule has 1 fully saturated rings. The Balaban J connectivity index is 2.08. The topological polar surface area (TPSA) is 63.4 Å². The zero-order valence-electron chi connectivity index (χ0n) is 13.1. The highest BCUT2D eigenvalue weighted by molar-refractivity contribution is 5.99. The SMILES string of the molecule is Cc1cc(C)c(C(=O)CN2CCCC(C(N)=O)C2)cc1C. The number of rotatable bonds is 4. The average molecular weight is 288 g/mol. The maximum absolute atomic E-state index is 12.5. The van der Waals surface area contributed by atoms with Gasteiger partial charge < -0.3 is 5.73 Å². The van der Waals surface area contributed by atoms with E-state index in [1.54, 1.807) is 0 Å². The zero-order valence-corrected chi connectivity index (χ0v) is 13.1. The van der Waals surface area contributed by atoms with Crippen LogP contribution in [-0.2, 0) is 4.79 Å². The van der Waals surface area contributed by atoms with Crippen LogP contribution in [0.2, 0.25) is 0 Å². The van der Waals surface area contributed by atoms with Crippen LogP contribution in [0.5, 0.6) is 0 Å². The van der Waals surface area contributed by atoms with Crippen LogP contribution in [0.15, 0.2) is 12.1 Å². The van der Waals surface area contributed by atoms with Gasteiger partial charge in [-0.1, -0.05) is 6.07 Å². The third-order valence-corrected chi connectivity index (χ3v) is 4.42. The first kappa shape index (κ1) is 15.7. The fourth-order valence-electron chi connectivity index (χ4n) is 2.98. The number of nitrogens with zero attached hydrogens (tertiary/aromatic N) is 1. The summed E-state index contributed by atoms with van der Waals surface area (Å²) in [4.78, 5) is 25.9. The minimum Gasteiger partial charge on any atom is -0.369 e. The lowest BCUT2D eigenvalue weighted by Crippen LogP contribution is -2.43. The van der Waals surface area contributed by atoms with Crippen molar-refractivity contribution in [3.05, 3.63) is 34.4 Å². The number of piperidine rings is 1. The first-order valence-electron chi connectivity index (χ1n) is 7.51. The van der Waals surface area contributed by atoms with Gasteiger partial charge in [0.15, 0.2) is 5.78 Å². The Morgan fingerprint density at radius 3 is 2.52 bits per heavy atom. The third-order valence-electron chi connectivity index (χ3n) is 4.42. The fourth-order valence-corrected chi connectivity index (χ4v) is 2.98. The van der Waals surface area contributed by atoms with Gasteiger partial charge >= 0.3 is 0 Å². The summed E-state index contributed by atoms with van der Waals surface area (Å²) in [5, 5.41) is 0. The van der Waals surface area contributed by atoms with E-state index in [9.17, 15) is 9.59 Å². The summed E-state index contributed by atoms with van der Waals surface area (Å²) in [5.74, 6) is -0.248. The Morgan fingerprint density at radius 1 is 1.19 bits per heavy atom. The van der Waals surface area contributed by atoms with Crippen molar-refractivity contribution in [2.75, 3.05) is 19.6 Å². The normalized spacial score (nSPS) is 19.5. The molecule has 0 spiro atoms. The standard InChI is InChI=1S/C17H24N2O2/c1-11-7-13(3)15(8-12(11)2)16(20)10-19-6-4-5-14(9-19)17(18)21/h7-8,14H,4-6,9-10H2,1-3H3,(H2,18,21). The van der Waals surface area contributed by atoms with Crippen molar-refractivity contribution >= 4 is 11.7 Å². The van der Waals surface area contributed by atoms with Crippen molar-refractivity contribution in [1.82, 2.24) is 4.90 Å². The Hall–Kier alpha value is -1.68. The average Bonchev–Trinajstić information content (AvgIpc) is 2.43. The number of carbonyl (C=O) groups excluding carboxylic acids is 2. The van der Waals surface area contributed by atoms with Crippen LogP contribution in [0, 0.1) is 26.7 Å². The van der Waals surface area contributed by atoms with E-state index in [1.165, 1.54) is 5.56 Å². The second-order valence-corrected chi connectivity index (χ2v) is 6.15. The molecule has 1 heterocycles. The summed E-state index contributed by atoms with van der Waals surface area (Å²) >= 11 is 0. The molecule has 4 heteroatoms. The molecule has 1 unspecified atom stereocenters. The van der Waals surface area contributed by atoms with Crippen molar-refractivity contribution in [2.45, 2.75) is 33.6 Å². The van der Waals surface area contributed by atoms with Gasteiger partial charge in [0, 0.05) is 12.1 Å². The van der Waals surface area contributed by atoms with Gasteiger partial charge in [0.25, 0.3) is 0 Å². The quantitative estimate of drug-likeness (QED) is 0.862. The Kier molecular flexibility index (Phi) is 4.78. The molecule has 0 aliphatic carbocycles. The number of Topliss-reactive ketones (excluding diaryl/α,β-unsaturated/α-hetero) is 1. The smallest absolute Gasteiger partial charge is 0.221 e. The molecular formula is C17H24N2O2. The second kappa shape index (κ2) is 6.39. The molecule has 0 aromatic heterocycles. The molecule has 1 aromatic carbocycles. The van der Waals surface area contributed by atoms with Crippen LogP contribution in [0.1, 0.15) is 39.9 Å². The number of aryl methyl sites for hydroxylation is 3. The minimum atomic E-state index is -0.255. The maximum atomic E-state index is 12.5. The lowest BCUT2D eigenvalue weighted by Gasteiger charge is -2.30. The van der Waals surface area contributed by atoms with E-state index in [0.29, 0.717) is 13.1 Å². The zero-order chi connectivity index (χ0) is 15.6. The fraction of sp³-hybridized carbons (Fsp3) is 0.529.